The average molecular weight is 343 g/mol. The molecule has 128 valence electrons. The summed E-state index contributed by atoms with van der Waals surface area (Å²) >= 11 is 0. The molecule has 0 amide bonds. The molecular weight excluding hydrogens is 328 g/mol. The van der Waals surface area contributed by atoms with E-state index in [4.69, 9.17) is 0 Å². The number of β-amino-alcohol motifs (C(OH)–C–C–N with tert-alkyl or cyclic N) is 1. The van der Waals surface area contributed by atoms with Crippen molar-refractivity contribution in [2.75, 3.05) is 11.4 Å². The molecule has 0 spiro atoms. The van der Waals surface area contributed by atoms with Gasteiger partial charge in [0, 0.05) is 18.8 Å². The van der Waals surface area contributed by atoms with Crippen LogP contribution in [0.25, 0.3) is 5.65 Å². The number of rotatable bonds is 2. The molecule has 7 heteroatoms. The van der Waals surface area contributed by atoms with Crippen molar-refractivity contribution in [2.24, 2.45) is 0 Å². The zero-order valence-electron chi connectivity index (χ0n) is 13.1. The summed E-state index contributed by atoms with van der Waals surface area (Å²) in [7, 11) is 0. The topological polar surface area (TPSA) is 57.8 Å². The van der Waals surface area contributed by atoms with Crippen molar-refractivity contribution in [2.45, 2.75) is 18.6 Å². The predicted octanol–water partition coefficient (Wildman–Crippen LogP) is 2.29. The van der Waals surface area contributed by atoms with Crippen molar-refractivity contribution in [3.63, 3.8) is 0 Å². The van der Waals surface area contributed by atoms with Crippen LogP contribution in [0.2, 0.25) is 0 Å². The minimum absolute atomic E-state index is 0.244. The summed E-state index contributed by atoms with van der Waals surface area (Å²) in [6.45, 7) is 0.263. The van der Waals surface area contributed by atoms with E-state index in [2.05, 4.69) is 4.98 Å². The number of nitrogens with zero attached hydrogens (tertiary/aromatic N) is 3. The molecule has 3 heterocycles. The maximum atomic E-state index is 13.6. The zero-order chi connectivity index (χ0) is 17.6. The van der Waals surface area contributed by atoms with Gasteiger partial charge in [0.1, 0.15) is 11.5 Å². The van der Waals surface area contributed by atoms with Gasteiger partial charge in [0.05, 0.1) is 12.1 Å². The van der Waals surface area contributed by atoms with Gasteiger partial charge in [0.25, 0.3) is 5.56 Å². The van der Waals surface area contributed by atoms with Gasteiger partial charge in [0.15, 0.2) is 11.6 Å². The maximum absolute atomic E-state index is 13.6. The Morgan fingerprint density at radius 2 is 1.96 bits per heavy atom. The van der Waals surface area contributed by atoms with Crippen LogP contribution in [-0.4, -0.2) is 27.1 Å². The molecule has 1 N–H and O–H groups in total. The standard InChI is InChI=1S/C18H15F2N3O2/c19-13-5-4-11(7-14(13)20)15-8-12(24)10-23(15)17-9-18(25)22-6-2-1-3-16(22)21-17/h1-7,9,12,15,24H,8,10H2/t12-,15-/m1/s1. The molecule has 5 nitrogen and oxygen atoms in total. The summed E-state index contributed by atoms with van der Waals surface area (Å²) in [4.78, 5) is 18.5. The molecule has 0 unspecified atom stereocenters. The highest BCUT2D eigenvalue weighted by atomic mass is 19.2. The van der Waals surface area contributed by atoms with Gasteiger partial charge in [-0.3, -0.25) is 9.20 Å². The quantitative estimate of drug-likeness (QED) is 0.776. The largest absolute Gasteiger partial charge is 0.391 e. The molecule has 0 aliphatic carbocycles. The third-order valence-electron chi connectivity index (χ3n) is 4.46. The molecule has 1 aliphatic heterocycles. The first-order chi connectivity index (χ1) is 12.0. The van der Waals surface area contributed by atoms with Gasteiger partial charge in [-0.25, -0.2) is 13.8 Å². The summed E-state index contributed by atoms with van der Waals surface area (Å²) in [6.07, 6.45) is 1.33. The second-order valence-corrected chi connectivity index (χ2v) is 6.11. The molecule has 0 bridgehead atoms. The van der Waals surface area contributed by atoms with E-state index in [-0.39, 0.29) is 18.1 Å². The molecule has 2 atom stereocenters. The molecule has 4 rings (SSSR count). The van der Waals surface area contributed by atoms with Gasteiger partial charge in [-0.2, -0.15) is 0 Å². The SMILES string of the molecule is O=c1cc(N2C[C@H](O)C[C@@H]2c2ccc(F)c(F)c2)nc2ccccn12. The molecule has 1 fully saturated rings. The van der Waals surface area contributed by atoms with E-state index < -0.39 is 17.7 Å². The van der Waals surface area contributed by atoms with E-state index in [1.54, 1.807) is 29.3 Å². The highest BCUT2D eigenvalue weighted by molar-refractivity contribution is 5.51. The Labute approximate surface area is 141 Å². The lowest BCUT2D eigenvalue weighted by molar-refractivity contribution is 0.194. The number of halogens is 2. The Kier molecular flexibility index (Phi) is 3.73. The first-order valence-corrected chi connectivity index (χ1v) is 7.91. The molecule has 2 aromatic heterocycles. The Morgan fingerprint density at radius 3 is 2.76 bits per heavy atom. The monoisotopic (exact) mass is 343 g/mol. The fourth-order valence-electron chi connectivity index (χ4n) is 3.29. The number of aliphatic hydroxyl groups is 1. The van der Waals surface area contributed by atoms with Crippen LogP contribution >= 0.6 is 0 Å². The molecule has 0 radical (unpaired) electrons. The number of aromatic nitrogens is 2. The third-order valence-corrected chi connectivity index (χ3v) is 4.46. The van der Waals surface area contributed by atoms with Gasteiger partial charge >= 0.3 is 0 Å². The van der Waals surface area contributed by atoms with E-state index in [0.29, 0.717) is 23.4 Å². The van der Waals surface area contributed by atoms with Crippen molar-refractivity contribution >= 4 is 11.5 Å². The number of pyridine rings is 1. The van der Waals surface area contributed by atoms with Gasteiger partial charge in [-0.1, -0.05) is 12.1 Å². The molecule has 3 aromatic rings. The van der Waals surface area contributed by atoms with Gasteiger partial charge in [-0.05, 0) is 36.2 Å². The van der Waals surface area contributed by atoms with Crippen LogP contribution < -0.4 is 10.5 Å². The van der Waals surface area contributed by atoms with Crippen LogP contribution in [0.3, 0.4) is 0 Å². The van der Waals surface area contributed by atoms with Crippen LogP contribution in [0.15, 0.2) is 53.5 Å². The fraction of sp³-hybridized carbons (Fsp3) is 0.222. The second-order valence-electron chi connectivity index (χ2n) is 6.11. The highest BCUT2D eigenvalue weighted by Crippen LogP contribution is 2.35. The summed E-state index contributed by atoms with van der Waals surface area (Å²) in [5.41, 5.74) is 0.770. The van der Waals surface area contributed by atoms with E-state index in [0.717, 1.165) is 12.1 Å². The molecule has 1 saturated heterocycles. The molecule has 25 heavy (non-hydrogen) atoms. The Hall–Kier alpha value is -2.80. The van der Waals surface area contributed by atoms with Crippen LogP contribution in [0.1, 0.15) is 18.0 Å². The lowest BCUT2D eigenvalue weighted by atomic mass is 10.0. The second kappa shape index (κ2) is 5.93. The summed E-state index contributed by atoms with van der Waals surface area (Å²) in [5, 5.41) is 10.1. The van der Waals surface area contributed by atoms with E-state index in [1.165, 1.54) is 16.5 Å². The number of hydrogen-bond donors (Lipinski definition) is 1. The number of benzene rings is 1. The van der Waals surface area contributed by atoms with Crippen molar-refractivity contribution in [3.8, 4) is 0 Å². The van der Waals surface area contributed by atoms with E-state index in [1.807, 2.05) is 0 Å². The Balaban J connectivity index is 1.79. The van der Waals surface area contributed by atoms with Crippen molar-refractivity contribution in [3.05, 3.63) is 76.2 Å². The Bertz CT molecular complexity index is 1010. The van der Waals surface area contributed by atoms with Crippen LogP contribution in [0, 0.1) is 11.6 Å². The lowest BCUT2D eigenvalue weighted by Crippen LogP contribution is -2.27. The number of fused-ring (bicyclic) bond motifs is 1. The van der Waals surface area contributed by atoms with Crippen molar-refractivity contribution in [1.29, 1.82) is 0 Å². The van der Waals surface area contributed by atoms with E-state index >= 15 is 0 Å². The zero-order valence-corrected chi connectivity index (χ0v) is 13.1. The fourth-order valence-corrected chi connectivity index (χ4v) is 3.29. The summed E-state index contributed by atoms with van der Waals surface area (Å²) in [6, 6.07) is 9.90. The predicted molar refractivity (Wildman–Crippen MR) is 88.5 cm³/mol. The van der Waals surface area contributed by atoms with Gasteiger partial charge in [0.2, 0.25) is 0 Å². The van der Waals surface area contributed by atoms with Crippen LogP contribution in [0.5, 0.6) is 0 Å². The average Bonchev–Trinajstić information content (AvgIpc) is 2.99. The normalized spacial score (nSPS) is 20.4. The van der Waals surface area contributed by atoms with Crippen molar-refractivity contribution in [1.82, 2.24) is 9.38 Å². The van der Waals surface area contributed by atoms with Crippen LogP contribution in [0.4, 0.5) is 14.6 Å². The number of hydrogen-bond acceptors (Lipinski definition) is 4. The number of aliphatic hydroxyl groups excluding tert-OH is 1. The highest BCUT2D eigenvalue weighted by Gasteiger charge is 2.33. The van der Waals surface area contributed by atoms with Crippen molar-refractivity contribution < 1.29 is 13.9 Å². The van der Waals surface area contributed by atoms with Gasteiger partial charge in [-0.15, -0.1) is 0 Å². The minimum Gasteiger partial charge on any atom is -0.391 e. The summed E-state index contributed by atoms with van der Waals surface area (Å²) in [5.74, 6) is -1.45. The van der Waals surface area contributed by atoms with Crippen LogP contribution in [-0.2, 0) is 0 Å². The smallest absolute Gasteiger partial charge is 0.259 e. The maximum Gasteiger partial charge on any atom is 0.259 e. The van der Waals surface area contributed by atoms with Gasteiger partial charge < -0.3 is 10.0 Å². The van der Waals surface area contributed by atoms with E-state index in [9.17, 15) is 18.7 Å². The molecule has 1 aliphatic rings. The number of anilines is 1. The first kappa shape index (κ1) is 15.7. The molecular formula is C18H15F2N3O2. The Morgan fingerprint density at radius 1 is 1.12 bits per heavy atom. The lowest BCUT2D eigenvalue weighted by Gasteiger charge is -2.26. The molecule has 1 aromatic carbocycles. The molecule has 0 saturated carbocycles. The summed E-state index contributed by atoms with van der Waals surface area (Å²) < 4.78 is 28.2. The first-order valence-electron chi connectivity index (χ1n) is 7.91. The third kappa shape index (κ3) is 2.76. The minimum atomic E-state index is -0.939.